The number of hydrogen-bond acceptors (Lipinski definition) is 4. The zero-order valence-electron chi connectivity index (χ0n) is 11.1. The van der Waals surface area contributed by atoms with Crippen LogP contribution in [0.3, 0.4) is 0 Å². The molecule has 1 aliphatic rings. The Hall–Kier alpha value is -1.23. The first-order valence-electron chi connectivity index (χ1n) is 6.19. The highest BCUT2D eigenvalue weighted by Gasteiger charge is 2.26. The molecule has 1 aromatic heterocycles. The van der Waals surface area contributed by atoms with Gasteiger partial charge in [-0.3, -0.25) is 4.68 Å². The highest BCUT2D eigenvalue weighted by Crippen LogP contribution is 2.32. The van der Waals surface area contributed by atoms with Crippen LogP contribution in [-0.4, -0.2) is 35.6 Å². The van der Waals surface area contributed by atoms with E-state index in [9.17, 15) is 0 Å². The average Bonchev–Trinajstić information content (AvgIpc) is 2.56. The summed E-state index contributed by atoms with van der Waals surface area (Å²) in [6.07, 6.45) is 0. The molecule has 1 saturated heterocycles. The third-order valence-electron chi connectivity index (χ3n) is 3.27. The van der Waals surface area contributed by atoms with Crippen LogP contribution in [0.4, 0.5) is 11.5 Å². The largest absolute Gasteiger partial charge is 0.394 e. The normalized spacial score (nSPS) is 21.2. The maximum atomic E-state index is 6.23. The van der Waals surface area contributed by atoms with Crippen molar-refractivity contribution in [1.29, 1.82) is 0 Å². The number of anilines is 2. The number of rotatable bonds is 2. The second-order valence-electron chi connectivity index (χ2n) is 5.02. The summed E-state index contributed by atoms with van der Waals surface area (Å²) in [7, 11) is 1.96. The van der Waals surface area contributed by atoms with E-state index in [0.29, 0.717) is 12.0 Å². The van der Waals surface area contributed by atoms with Crippen LogP contribution < -0.4 is 10.6 Å². The van der Waals surface area contributed by atoms with Gasteiger partial charge < -0.3 is 15.4 Å². The van der Waals surface area contributed by atoms with Gasteiger partial charge in [0.15, 0.2) is 5.82 Å². The molecule has 0 aliphatic carbocycles. The van der Waals surface area contributed by atoms with Gasteiger partial charge in [-0.25, -0.2) is 0 Å². The first kappa shape index (κ1) is 12.2. The summed E-state index contributed by atoms with van der Waals surface area (Å²) in [5, 5.41) is 4.53. The predicted octanol–water partition coefficient (Wildman–Crippen LogP) is 1.35. The number of aryl methyl sites for hydroxylation is 1. The Balaban J connectivity index is 2.37. The second-order valence-corrected chi connectivity index (χ2v) is 5.02. The summed E-state index contributed by atoms with van der Waals surface area (Å²) in [5.41, 5.74) is 8.04. The van der Waals surface area contributed by atoms with Crippen LogP contribution in [-0.2, 0) is 11.8 Å². The third-order valence-corrected chi connectivity index (χ3v) is 3.27. The van der Waals surface area contributed by atoms with E-state index >= 15 is 0 Å². The average molecular weight is 238 g/mol. The standard InChI is InChI=1S/C12H22N4O/c1-8(2)11-10(13)12(15(4)14-11)16-5-6-17-7-9(16)3/h8-9H,5-7,13H2,1-4H3. The molecular weight excluding hydrogens is 216 g/mol. The van der Waals surface area contributed by atoms with Crippen molar-refractivity contribution in [2.24, 2.45) is 7.05 Å². The van der Waals surface area contributed by atoms with E-state index in [2.05, 4.69) is 30.8 Å². The van der Waals surface area contributed by atoms with Crippen molar-refractivity contribution < 1.29 is 4.74 Å². The van der Waals surface area contributed by atoms with Crippen LogP contribution in [0, 0.1) is 0 Å². The summed E-state index contributed by atoms with van der Waals surface area (Å²) in [6.45, 7) is 8.77. The lowest BCUT2D eigenvalue weighted by Gasteiger charge is -2.35. The molecule has 5 nitrogen and oxygen atoms in total. The van der Waals surface area contributed by atoms with Crippen LogP contribution in [0.2, 0.25) is 0 Å². The molecule has 2 rings (SSSR count). The molecule has 2 N–H and O–H groups in total. The summed E-state index contributed by atoms with van der Waals surface area (Å²) in [5.74, 6) is 1.38. The minimum Gasteiger partial charge on any atom is -0.394 e. The molecule has 0 aromatic carbocycles. The Labute approximate surface area is 103 Å². The van der Waals surface area contributed by atoms with Gasteiger partial charge >= 0.3 is 0 Å². The van der Waals surface area contributed by atoms with Gasteiger partial charge in [-0.2, -0.15) is 5.10 Å². The number of hydrogen-bond donors (Lipinski definition) is 1. The molecule has 0 saturated carbocycles. The van der Waals surface area contributed by atoms with E-state index in [1.165, 1.54) is 0 Å². The van der Waals surface area contributed by atoms with Crippen molar-refractivity contribution in [2.45, 2.75) is 32.7 Å². The van der Waals surface area contributed by atoms with E-state index in [1.807, 2.05) is 11.7 Å². The topological polar surface area (TPSA) is 56.3 Å². The molecule has 1 aromatic rings. The highest BCUT2D eigenvalue weighted by molar-refractivity contribution is 5.67. The number of ether oxygens (including phenoxy) is 1. The molecule has 1 unspecified atom stereocenters. The Kier molecular flexibility index (Phi) is 3.28. The first-order chi connectivity index (χ1) is 8.02. The maximum absolute atomic E-state index is 6.23. The van der Waals surface area contributed by atoms with Crippen molar-refractivity contribution in [3.8, 4) is 0 Å². The van der Waals surface area contributed by atoms with Gasteiger partial charge in [-0.1, -0.05) is 13.8 Å². The van der Waals surface area contributed by atoms with Gasteiger partial charge in [-0.15, -0.1) is 0 Å². The molecule has 0 radical (unpaired) electrons. The van der Waals surface area contributed by atoms with Crippen LogP contribution in [0.1, 0.15) is 32.4 Å². The number of aromatic nitrogens is 2. The lowest BCUT2D eigenvalue weighted by molar-refractivity contribution is 0.0982. The van der Waals surface area contributed by atoms with Gasteiger partial charge in [-0.05, 0) is 12.8 Å². The van der Waals surface area contributed by atoms with E-state index in [0.717, 1.165) is 37.0 Å². The van der Waals surface area contributed by atoms with Crippen LogP contribution in [0.25, 0.3) is 0 Å². The van der Waals surface area contributed by atoms with Crippen LogP contribution in [0.5, 0.6) is 0 Å². The fourth-order valence-corrected chi connectivity index (χ4v) is 2.36. The van der Waals surface area contributed by atoms with Gasteiger partial charge in [0.2, 0.25) is 0 Å². The lowest BCUT2D eigenvalue weighted by Crippen LogP contribution is -2.44. The maximum Gasteiger partial charge on any atom is 0.150 e. The molecule has 1 aliphatic heterocycles. The summed E-state index contributed by atoms with van der Waals surface area (Å²) < 4.78 is 7.35. The third kappa shape index (κ3) is 2.11. The molecule has 1 fully saturated rings. The summed E-state index contributed by atoms with van der Waals surface area (Å²) in [4.78, 5) is 2.29. The van der Waals surface area contributed by atoms with Gasteiger partial charge in [0, 0.05) is 13.6 Å². The number of nitrogens with two attached hydrogens (primary N) is 1. The highest BCUT2D eigenvalue weighted by atomic mass is 16.5. The van der Waals surface area contributed by atoms with Crippen molar-refractivity contribution in [1.82, 2.24) is 9.78 Å². The monoisotopic (exact) mass is 238 g/mol. The van der Waals surface area contributed by atoms with Gasteiger partial charge in [0.25, 0.3) is 0 Å². The van der Waals surface area contributed by atoms with Gasteiger partial charge in [0.05, 0.1) is 30.6 Å². The van der Waals surface area contributed by atoms with E-state index in [-0.39, 0.29) is 0 Å². The van der Waals surface area contributed by atoms with E-state index < -0.39 is 0 Å². The molecular formula is C12H22N4O. The fraction of sp³-hybridized carbons (Fsp3) is 0.750. The van der Waals surface area contributed by atoms with Crippen LogP contribution in [0.15, 0.2) is 0 Å². The molecule has 0 amide bonds. The lowest BCUT2D eigenvalue weighted by atomic mass is 10.1. The Bertz CT molecular complexity index is 399. The number of nitrogens with zero attached hydrogens (tertiary/aromatic N) is 3. The quantitative estimate of drug-likeness (QED) is 0.845. The second kappa shape index (κ2) is 4.56. The summed E-state index contributed by atoms with van der Waals surface area (Å²) in [6, 6.07) is 0.349. The Morgan fingerprint density at radius 2 is 2.18 bits per heavy atom. The van der Waals surface area contributed by atoms with Crippen molar-refractivity contribution in [3.05, 3.63) is 5.69 Å². The first-order valence-corrected chi connectivity index (χ1v) is 6.19. The number of nitrogen functional groups attached to an aromatic ring is 1. The Morgan fingerprint density at radius 1 is 1.47 bits per heavy atom. The predicted molar refractivity (Wildman–Crippen MR) is 69.3 cm³/mol. The van der Waals surface area contributed by atoms with Crippen molar-refractivity contribution >= 4 is 11.5 Å². The zero-order valence-corrected chi connectivity index (χ0v) is 11.1. The smallest absolute Gasteiger partial charge is 0.150 e. The fourth-order valence-electron chi connectivity index (χ4n) is 2.36. The molecule has 5 heteroatoms. The molecule has 0 spiro atoms. The molecule has 0 bridgehead atoms. The van der Waals surface area contributed by atoms with Gasteiger partial charge in [0.1, 0.15) is 0 Å². The van der Waals surface area contributed by atoms with Crippen molar-refractivity contribution in [3.63, 3.8) is 0 Å². The van der Waals surface area contributed by atoms with Crippen molar-refractivity contribution in [2.75, 3.05) is 30.4 Å². The number of morpholine rings is 1. The SMILES string of the molecule is CC(C)c1nn(C)c(N2CCOCC2C)c1N. The molecule has 1 atom stereocenters. The molecule has 17 heavy (non-hydrogen) atoms. The molecule has 96 valence electrons. The minimum atomic E-state index is 0.349. The van der Waals surface area contributed by atoms with Crippen LogP contribution >= 0.6 is 0 Å². The van der Waals surface area contributed by atoms with E-state index in [1.54, 1.807) is 0 Å². The summed E-state index contributed by atoms with van der Waals surface area (Å²) >= 11 is 0. The Morgan fingerprint density at radius 3 is 2.71 bits per heavy atom. The van der Waals surface area contributed by atoms with E-state index in [4.69, 9.17) is 10.5 Å². The zero-order chi connectivity index (χ0) is 12.6. The molecule has 2 heterocycles. The minimum absolute atomic E-state index is 0.349.